The van der Waals surface area contributed by atoms with Gasteiger partial charge in [-0.15, -0.1) is 15.6 Å². The first-order valence-corrected chi connectivity index (χ1v) is 23.1. The van der Waals surface area contributed by atoms with Gasteiger partial charge in [0, 0.05) is 30.2 Å². The van der Waals surface area contributed by atoms with Gasteiger partial charge in [-0.25, -0.2) is 19.4 Å². The Kier molecular flexibility index (Phi) is 14.9. The maximum Gasteiger partial charge on any atom is 0.418 e. The molecule has 66 heavy (non-hydrogen) atoms. The van der Waals surface area contributed by atoms with Crippen LogP contribution < -0.4 is 20.7 Å². The fraction of sp³-hybridized carbons (Fsp3) is 0.571. The second-order valence-corrected chi connectivity index (χ2v) is 21.1. The van der Waals surface area contributed by atoms with Crippen molar-refractivity contribution in [2.45, 2.75) is 149 Å². The van der Waals surface area contributed by atoms with Crippen LogP contribution in [0.25, 0.3) is 11.1 Å². The van der Waals surface area contributed by atoms with Gasteiger partial charge in [0.15, 0.2) is 16.9 Å². The van der Waals surface area contributed by atoms with Crippen molar-refractivity contribution in [3.63, 3.8) is 0 Å². The van der Waals surface area contributed by atoms with Crippen molar-refractivity contribution >= 4 is 62.5 Å². The Morgan fingerprint density at radius 3 is 2.24 bits per heavy atom. The standard InChI is InChI=1S/C42H58N8O14S2/c1-38(2,3)60-34(53)42(12,29-17-15-25-20-24(14-16-28(25)59-29)26-21-44-49(22-26)19-13-18-43-36(54)61-39(4,5)6)63-48-30(27-23-65-35(45-27)47-37(55)62-40(7,8)9)32(51)46-31-33(52)50(41(31,10)11)64-66(56,57)58/h14,16,20-23,29,31H,13,15,17-19H2,1-12H3,(H,43,54)(H,46,51)(H,45,47,55)(H,56,57,58)/b48-30-. The SMILES string of the molecule is CC(C)(C)OC(=O)NCCCn1cc(-c2ccc3c(c2)CCC(C(C)(O/N=C(\C(=O)NC2C(=O)N(OS(=O)(=O)O)C2(C)C)c2csc(NC(=O)OC(C)(C)C)n2)C(=O)OC(C)(C)C)O3)cn1. The third-order valence-corrected chi connectivity index (χ3v) is 10.7. The fourth-order valence-corrected chi connectivity index (χ4v) is 7.67. The summed E-state index contributed by atoms with van der Waals surface area (Å²) in [6, 6.07) is 4.16. The van der Waals surface area contributed by atoms with E-state index in [1.54, 1.807) is 79.3 Å². The molecule has 2 aliphatic rings. The Labute approximate surface area is 386 Å². The Morgan fingerprint density at radius 2 is 1.62 bits per heavy atom. The van der Waals surface area contributed by atoms with E-state index in [1.807, 2.05) is 18.3 Å². The van der Waals surface area contributed by atoms with Gasteiger partial charge in [-0.1, -0.05) is 11.2 Å². The largest absolute Gasteiger partial charge is 0.485 e. The monoisotopic (exact) mass is 962 g/mol. The molecular formula is C42H58N8O14S2. The van der Waals surface area contributed by atoms with E-state index in [9.17, 15) is 36.9 Å². The summed E-state index contributed by atoms with van der Waals surface area (Å²) < 4.78 is 61.1. The molecule has 3 atom stereocenters. The van der Waals surface area contributed by atoms with Gasteiger partial charge in [0.25, 0.3) is 17.4 Å². The van der Waals surface area contributed by atoms with Crippen LogP contribution in [0, 0.1) is 0 Å². The van der Waals surface area contributed by atoms with E-state index in [4.69, 9.17) is 23.8 Å². The zero-order valence-electron chi connectivity index (χ0n) is 39.0. The summed E-state index contributed by atoms with van der Waals surface area (Å²) in [6.45, 7) is 20.5. The van der Waals surface area contributed by atoms with E-state index in [0.29, 0.717) is 36.7 Å². The molecule has 4 amide bonds. The van der Waals surface area contributed by atoms with Gasteiger partial charge >= 0.3 is 28.6 Å². The summed E-state index contributed by atoms with van der Waals surface area (Å²) in [5.74, 6) is -2.50. The number of nitrogens with one attached hydrogen (secondary N) is 3. The van der Waals surface area contributed by atoms with Gasteiger partial charge in [-0.2, -0.15) is 18.6 Å². The van der Waals surface area contributed by atoms with E-state index in [2.05, 4.69) is 35.5 Å². The predicted octanol–water partition coefficient (Wildman–Crippen LogP) is 5.32. The molecule has 4 heterocycles. The zero-order chi connectivity index (χ0) is 49.2. The van der Waals surface area contributed by atoms with Crippen molar-refractivity contribution in [3.8, 4) is 16.9 Å². The van der Waals surface area contributed by atoms with Crippen LogP contribution in [0.5, 0.6) is 5.75 Å². The number of β-lactam (4-membered cyclic amide) rings is 1. The van der Waals surface area contributed by atoms with Gasteiger partial charge in [0.1, 0.15) is 34.3 Å². The van der Waals surface area contributed by atoms with E-state index in [0.717, 1.165) is 28.0 Å². The highest BCUT2D eigenvalue weighted by molar-refractivity contribution is 7.80. The smallest absolute Gasteiger partial charge is 0.418 e. The molecule has 2 aromatic heterocycles. The quantitative estimate of drug-likeness (QED) is 0.0285. The molecule has 0 saturated carbocycles. The van der Waals surface area contributed by atoms with E-state index >= 15 is 0 Å². The van der Waals surface area contributed by atoms with Crippen LogP contribution >= 0.6 is 11.3 Å². The molecule has 3 unspecified atom stereocenters. The molecule has 362 valence electrons. The van der Waals surface area contributed by atoms with Crippen molar-refractivity contribution in [1.29, 1.82) is 0 Å². The van der Waals surface area contributed by atoms with Gasteiger partial charge < -0.3 is 34.4 Å². The van der Waals surface area contributed by atoms with Crippen LogP contribution in [-0.2, 0) is 61.1 Å². The minimum absolute atomic E-state index is 0.00559. The molecule has 22 nitrogen and oxygen atoms in total. The van der Waals surface area contributed by atoms with Crippen LogP contribution in [0.1, 0.15) is 107 Å². The summed E-state index contributed by atoms with van der Waals surface area (Å²) in [5, 5.41) is 18.1. The van der Waals surface area contributed by atoms with E-state index < -0.39 is 86.2 Å². The molecule has 0 spiro atoms. The molecule has 0 bridgehead atoms. The summed E-state index contributed by atoms with van der Waals surface area (Å²) in [4.78, 5) is 76.2. The normalized spacial score (nSPS) is 18.4. The van der Waals surface area contributed by atoms with Gasteiger partial charge in [-0.3, -0.25) is 24.1 Å². The molecule has 3 aromatic rings. The number of nitrogens with zero attached hydrogens (tertiary/aromatic N) is 5. The van der Waals surface area contributed by atoms with E-state index in [-0.39, 0.29) is 17.2 Å². The first-order chi connectivity index (χ1) is 30.3. The number of fused-ring (bicyclic) bond motifs is 1. The van der Waals surface area contributed by atoms with Crippen LogP contribution in [0.3, 0.4) is 0 Å². The van der Waals surface area contributed by atoms with Crippen molar-refractivity contribution < 1.29 is 65.0 Å². The first kappa shape index (κ1) is 51.1. The number of carbonyl (C=O) groups excluding carboxylic acids is 5. The minimum atomic E-state index is -5.09. The number of oxime groups is 1. The number of benzene rings is 1. The number of esters is 1. The number of amides is 4. The average molecular weight is 963 g/mol. The summed E-state index contributed by atoms with van der Waals surface area (Å²) >= 11 is 0.902. The number of carbonyl (C=O) groups is 5. The van der Waals surface area contributed by atoms with Crippen LogP contribution in [0.2, 0.25) is 0 Å². The molecule has 0 aliphatic carbocycles. The molecule has 4 N–H and O–H groups in total. The van der Waals surface area contributed by atoms with Gasteiger partial charge in [0.05, 0.1) is 11.7 Å². The van der Waals surface area contributed by atoms with Crippen molar-refractivity contribution in [3.05, 3.63) is 47.2 Å². The Morgan fingerprint density at radius 1 is 0.970 bits per heavy atom. The zero-order valence-corrected chi connectivity index (χ0v) is 40.6. The maximum absolute atomic E-state index is 14.1. The Hall–Kier alpha value is -5.85. The number of aromatic nitrogens is 3. The number of ether oxygens (including phenoxy) is 4. The number of hydroxylamine groups is 2. The predicted molar refractivity (Wildman–Crippen MR) is 239 cm³/mol. The maximum atomic E-state index is 14.1. The number of hydrogen-bond acceptors (Lipinski definition) is 17. The van der Waals surface area contributed by atoms with Gasteiger partial charge in [0.2, 0.25) is 0 Å². The lowest BCUT2D eigenvalue weighted by molar-refractivity contribution is -0.218. The highest BCUT2D eigenvalue weighted by Gasteiger charge is 2.58. The number of thiazole rings is 1. The summed E-state index contributed by atoms with van der Waals surface area (Å²) in [6.07, 6.45) is 2.54. The third kappa shape index (κ3) is 13.4. The molecule has 5 rings (SSSR count). The topological polar surface area (TPSA) is 277 Å². The Balaban J connectivity index is 1.39. The third-order valence-electron chi connectivity index (χ3n) is 9.64. The molecule has 1 aromatic carbocycles. The van der Waals surface area contributed by atoms with Crippen LogP contribution in [-0.4, -0.2) is 115 Å². The Bertz CT molecular complexity index is 2460. The van der Waals surface area contributed by atoms with Crippen LogP contribution in [0.4, 0.5) is 14.7 Å². The minimum Gasteiger partial charge on any atom is -0.485 e. The number of anilines is 1. The molecule has 24 heteroatoms. The number of aryl methyl sites for hydroxylation is 2. The number of hydrogen-bond donors (Lipinski definition) is 4. The lowest BCUT2D eigenvalue weighted by atomic mass is 9.84. The average Bonchev–Trinajstić information content (AvgIpc) is 3.84. The lowest BCUT2D eigenvalue weighted by Gasteiger charge is -2.50. The van der Waals surface area contributed by atoms with E-state index in [1.165, 1.54) is 26.2 Å². The number of alkyl carbamates (subject to hydrolysis) is 1. The highest BCUT2D eigenvalue weighted by Crippen LogP contribution is 2.38. The second-order valence-electron chi connectivity index (χ2n) is 19.2. The molecule has 0 radical (unpaired) electrons. The van der Waals surface area contributed by atoms with Gasteiger partial charge in [-0.05, 0) is 126 Å². The summed E-state index contributed by atoms with van der Waals surface area (Å²) in [5.41, 5.74) is -4.13. The van der Waals surface area contributed by atoms with Crippen molar-refractivity contribution in [2.75, 3.05) is 11.9 Å². The molecule has 1 saturated heterocycles. The lowest BCUT2D eigenvalue weighted by Crippen LogP contribution is -2.76. The first-order valence-electron chi connectivity index (χ1n) is 20.9. The molecular weight excluding hydrogens is 905 g/mol. The number of rotatable bonds is 15. The van der Waals surface area contributed by atoms with Crippen molar-refractivity contribution in [2.24, 2.45) is 5.16 Å². The highest BCUT2D eigenvalue weighted by atomic mass is 32.3. The summed E-state index contributed by atoms with van der Waals surface area (Å²) in [7, 11) is -5.09. The molecule has 1 fully saturated rings. The fourth-order valence-electron chi connectivity index (χ4n) is 6.54. The molecule has 2 aliphatic heterocycles. The van der Waals surface area contributed by atoms with Crippen LogP contribution in [0.15, 0.2) is 41.1 Å². The second kappa shape index (κ2) is 19.2. The van der Waals surface area contributed by atoms with Crippen molar-refractivity contribution in [1.82, 2.24) is 30.5 Å².